The van der Waals surface area contributed by atoms with Gasteiger partial charge >= 0.3 is 0 Å². The molecular weight excluding hydrogens is 318 g/mol. The monoisotopic (exact) mass is 345 g/mol. The Morgan fingerprint density at radius 2 is 1.23 bits per heavy atom. The summed E-state index contributed by atoms with van der Waals surface area (Å²) in [4.78, 5) is 0. The van der Waals surface area contributed by atoms with Crippen molar-refractivity contribution in [1.29, 1.82) is 0 Å². The van der Waals surface area contributed by atoms with Crippen LogP contribution in [0, 0.1) is 0 Å². The standard InChI is InChI=1S/C24H27NO/c1-25-18-24(23-10-6-3-7-11-23)26-19-22-16-14-21(15-17-22)13-12-20-8-4-2-5-9-20/h2-11,14-17,24-25H,12-13,18-19H2,1H3. The molecule has 0 aliphatic carbocycles. The van der Waals surface area contributed by atoms with Gasteiger partial charge in [-0.15, -0.1) is 0 Å². The van der Waals surface area contributed by atoms with E-state index in [1.54, 1.807) is 0 Å². The van der Waals surface area contributed by atoms with Gasteiger partial charge in [-0.2, -0.15) is 0 Å². The van der Waals surface area contributed by atoms with E-state index in [1.165, 1.54) is 22.3 Å². The van der Waals surface area contributed by atoms with Crippen LogP contribution in [0.25, 0.3) is 0 Å². The largest absolute Gasteiger partial charge is 0.368 e. The molecule has 3 rings (SSSR count). The Morgan fingerprint density at radius 3 is 1.85 bits per heavy atom. The van der Waals surface area contributed by atoms with Crippen LogP contribution in [0.5, 0.6) is 0 Å². The molecule has 0 aromatic heterocycles. The van der Waals surface area contributed by atoms with Gasteiger partial charge in [0, 0.05) is 6.54 Å². The summed E-state index contributed by atoms with van der Waals surface area (Å²) >= 11 is 0. The average molecular weight is 345 g/mol. The summed E-state index contributed by atoms with van der Waals surface area (Å²) < 4.78 is 6.16. The zero-order valence-corrected chi connectivity index (χ0v) is 15.4. The number of hydrogen-bond donors (Lipinski definition) is 1. The molecule has 0 amide bonds. The first-order valence-corrected chi connectivity index (χ1v) is 9.28. The van der Waals surface area contributed by atoms with Crippen molar-refractivity contribution < 1.29 is 4.74 Å². The minimum Gasteiger partial charge on any atom is -0.368 e. The van der Waals surface area contributed by atoms with E-state index in [0.29, 0.717) is 6.61 Å². The zero-order chi connectivity index (χ0) is 18.0. The summed E-state index contributed by atoms with van der Waals surface area (Å²) in [5.41, 5.74) is 5.18. The smallest absolute Gasteiger partial charge is 0.0953 e. The molecule has 0 saturated carbocycles. The van der Waals surface area contributed by atoms with E-state index in [9.17, 15) is 0 Å². The molecule has 3 aromatic carbocycles. The van der Waals surface area contributed by atoms with Crippen LogP contribution in [0.3, 0.4) is 0 Å². The van der Waals surface area contributed by atoms with E-state index in [0.717, 1.165) is 19.4 Å². The second-order valence-electron chi connectivity index (χ2n) is 6.57. The van der Waals surface area contributed by atoms with Crippen molar-refractivity contribution in [2.24, 2.45) is 0 Å². The minimum atomic E-state index is 0.0685. The van der Waals surface area contributed by atoms with Crippen molar-refractivity contribution in [1.82, 2.24) is 5.32 Å². The van der Waals surface area contributed by atoms with E-state index < -0.39 is 0 Å². The third kappa shape index (κ3) is 5.55. The van der Waals surface area contributed by atoms with Gasteiger partial charge in [0.15, 0.2) is 0 Å². The normalized spacial score (nSPS) is 12.0. The lowest BCUT2D eigenvalue weighted by Gasteiger charge is -2.18. The number of likely N-dealkylation sites (N-methyl/N-ethyl adjacent to an activating group) is 1. The van der Waals surface area contributed by atoms with Gasteiger partial charge < -0.3 is 10.1 Å². The van der Waals surface area contributed by atoms with Gasteiger partial charge in [-0.3, -0.25) is 0 Å². The van der Waals surface area contributed by atoms with Crippen molar-refractivity contribution in [3.63, 3.8) is 0 Å². The van der Waals surface area contributed by atoms with Gasteiger partial charge in [0.1, 0.15) is 0 Å². The zero-order valence-electron chi connectivity index (χ0n) is 15.4. The first kappa shape index (κ1) is 18.4. The minimum absolute atomic E-state index is 0.0685. The van der Waals surface area contributed by atoms with Crippen LogP contribution in [-0.4, -0.2) is 13.6 Å². The van der Waals surface area contributed by atoms with Crippen molar-refractivity contribution in [3.05, 3.63) is 107 Å². The van der Waals surface area contributed by atoms with Crippen molar-refractivity contribution in [2.45, 2.75) is 25.6 Å². The molecule has 0 bridgehead atoms. The molecule has 0 aliphatic rings. The van der Waals surface area contributed by atoms with Gasteiger partial charge in [-0.05, 0) is 42.1 Å². The van der Waals surface area contributed by atoms with Gasteiger partial charge in [0.25, 0.3) is 0 Å². The average Bonchev–Trinajstić information content (AvgIpc) is 2.72. The number of nitrogens with one attached hydrogen (secondary N) is 1. The summed E-state index contributed by atoms with van der Waals surface area (Å²) in [6.45, 7) is 1.43. The summed E-state index contributed by atoms with van der Waals surface area (Å²) in [5, 5.41) is 3.22. The highest BCUT2D eigenvalue weighted by atomic mass is 16.5. The van der Waals surface area contributed by atoms with Gasteiger partial charge in [-0.25, -0.2) is 0 Å². The molecule has 134 valence electrons. The Morgan fingerprint density at radius 1 is 0.692 bits per heavy atom. The fraction of sp³-hybridized carbons (Fsp3) is 0.250. The molecule has 1 atom stereocenters. The van der Waals surface area contributed by atoms with Crippen molar-refractivity contribution >= 4 is 0 Å². The van der Waals surface area contributed by atoms with E-state index in [1.807, 2.05) is 13.1 Å². The highest BCUT2D eigenvalue weighted by Gasteiger charge is 2.10. The predicted octanol–water partition coefficient (Wildman–Crippen LogP) is 4.95. The third-order valence-electron chi connectivity index (χ3n) is 4.58. The molecule has 2 nitrogen and oxygen atoms in total. The Kier molecular flexibility index (Phi) is 7.00. The van der Waals surface area contributed by atoms with Gasteiger partial charge in [0.2, 0.25) is 0 Å². The summed E-state index contributed by atoms with van der Waals surface area (Å²) in [5.74, 6) is 0. The summed E-state index contributed by atoms with van der Waals surface area (Å²) in [6.07, 6.45) is 2.21. The Labute approximate surface area is 156 Å². The molecule has 26 heavy (non-hydrogen) atoms. The summed E-state index contributed by atoms with van der Waals surface area (Å²) in [7, 11) is 1.96. The first-order valence-electron chi connectivity index (χ1n) is 9.28. The predicted molar refractivity (Wildman–Crippen MR) is 108 cm³/mol. The summed E-state index contributed by atoms with van der Waals surface area (Å²) in [6, 6.07) is 29.8. The molecular formula is C24H27NO. The van der Waals surface area contributed by atoms with Crippen LogP contribution in [0.15, 0.2) is 84.9 Å². The Balaban J connectivity index is 1.53. The fourth-order valence-electron chi connectivity index (χ4n) is 3.06. The van der Waals surface area contributed by atoms with Crippen molar-refractivity contribution in [2.75, 3.05) is 13.6 Å². The van der Waals surface area contributed by atoms with E-state index in [-0.39, 0.29) is 6.10 Å². The molecule has 0 heterocycles. The third-order valence-corrected chi connectivity index (χ3v) is 4.58. The molecule has 0 spiro atoms. The quantitative estimate of drug-likeness (QED) is 0.592. The van der Waals surface area contributed by atoms with Crippen LogP contribution in [0.1, 0.15) is 28.4 Å². The lowest BCUT2D eigenvalue weighted by atomic mass is 10.0. The lowest BCUT2D eigenvalue weighted by Crippen LogP contribution is -2.19. The molecule has 0 radical (unpaired) electrons. The molecule has 1 unspecified atom stereocenters. The SMILES string of the molecule is CNCC(OCc1ccc(CCc2ccccc2)cc1)c1ccccc1. The molecule has 0 aliphatic heterocycles. The van der Waals surface area contributed by atoms with E-state index in [4.69, 9.17) is 4.74 Å². The van der Waals surface area contributed by atoms with Crippen molar-refractivity contribution in [3.8, 4) is 0 Å². The highest BCUT2D eigenvalue weighted by molar-refractivity contribution is 5.24. The lowest BCUT2D eigenvalue weighted by molar-refractivity contribution is 0.0410. The maximum atomic E-state index is 6.16. The molecule has 0 saturated heterocycles. The highest BCUT2D eigenvalue weighted by Crippen LogP contribution is 2.19. The van der Waals surface area contributed by atoms with E-state index >= 15 is 0 Å². The van der Waals surface area contributed by atoms with Gasteiger partial charge in [-0.1, -0.05) is 84.9 Å². The second kappa shape index (κ2) is 9.91. The number of hydrogen-bond acceptors (Lipinski definition) is 2. The Bertz CT molecular complexity index is 753. The number of benzene rings is 3. The number of rotatable bonds is 9. The van der Waals surface area contributed by atoms with Crippen LogP contribution in [0.4, 0.5) is 0 Å². The molecule has 3 aromatic rings. The first-order chi connectivity index (χ1) is 12.8. The van der Waals surface area contributed by atoms with E-state index in [2.05, 4.69) is 84.2 Å². The fourth-order valence-corrected chi connectivity index (χ4v) is 3.06. The maximum Gasteiger partial charge on any atom is 0.0953 e. The topological polar surface area (TPSA) is 21.3 Å². The number of aryl methyl sites for hydroxylation is 2. The van der Waals surface area contributed by atoms with Crippen LogP contribution in [0.2, 0.25) is 0 Å². The van der Waals surface area contributed by atoms with Crippen LogP contribution < -0.4 is 5.32 Å². The second-order valence-corrected chi connectivity index (χ2v) is 6.57. The molecule has 2 heteroatoms. The van der Waals surface area contributed by atoms with Crippen LogP contribution >= 0.6 is 0 Å². The Hall–Kier alpha value is -2.42. The maximum absolute atomic E-state index is 6.16. The number of ether oxygens (including phenoxy) is 1. The van der Waals surface area contributed by atoms with Crippen LogP contribution in [-0.2, 0) is 24.2 Å². The molecule has 0 fully saturated rings. The van der Waals surface area contributed by atoms with Gasteiger partial charge in [0.05, 0.1) is 12.7 Å². The molecule has 1 N–H and O–H groups in total.